The molecule has 1 amide bonds. The van der Waals surface area contributed by atoms with Crippen LogP contribution in [0.5, 0.6) is 0 Å². The number of nitrogens with zero attached hydrogens (tertiary/aromatic N) is 2. The van der Waals surface area contributed by atoms with Gasteiger partial charge in [-0.25, -0.2) is 0 Å². The summed E-state index contributed by atoms with van der Waals surface area (Å²) in [6.45, 7) is 4.00. The van der Waals surface area contributed by atoms with E-state index in [1.54, 1.807) is 20.2 Å². The van der Waals surface area contributed by atoms with Crippen LogP contribution < -0.4 is 0 Å². The molecule has 0 aliphatic rings. The van der Waals surface area contributed by atoms with E-state index in [4.69, 9.17) is 4.52 Å². The van der Waals surface area contributed by atoms with Crippen molar-refractivity contribution in [2.45, 2.75) is 19.8 Å². The van der Waals surface area contributed by atoms with E-state index in [0.29, 0.717) is 5.76 Å². The van der Waals surface area contributed by atoms with E-state index in [2.05, 4.69) is 5.16 Å². The number of carbonyl (C=O) groups is 1. The van der Waals surface area contributed by atoms with Crippen molar-refractivity contribution in [3.63, 3.8) is 0 Å². The predicted molar refractivity (Wildman–Crippen MR) is 48.6 cm³/mol. The highest BCUT2D eigenvalue weighted by atomic mass is 16.5. The van der Waals surface area contributed by atoms with Crippen LogP contribution in [0.4, 0.5) is 0 Å². The summed E-state index contributed by atoms with van der Waals surface area (Å²) in [5, 5.41) is 3.80. The van der Waals surface area contributed by atoms with Crippen molar-refractivity contribution in [3.8, 4) is 0 Å². The quantitative estimate of drug-likeness (QED) is 0.696. The second-order valence-electron chi connectivity index (χ2n) is 3.47. The van der Waals surface area contributed by atoms with Gasteiger partial charge in [-0.2, -0.15) is 0 Å². The van der Waals surface area contributed by atoms with E-state index in [1.807, 2.05) is 13.8 Å². The first-order valence-corrected chi connectivity index (χ1v) is 4.20. The third-order valence-electron chi connectivity index (χ3n) is 1.74. The molecule has 0 bridgehead atoms. The lowest BCUT2D eigenvalue weighted by Gasteiger charge is -2.05. The van der Waals surface area contributed by atoms with Crippen LogP contribution in [0.1, 0.15) is 36.0 Å². The van der Waals surface area contributed by atoms with Crippen molar-refractivity contribution >= 4 is 5.91 Å². The second-order valence-corrected chi connectivity index (χ2v) is 3.47. The monoisotopic (exact) mass is 182 g/mol. The molecule has 0 aromatic carbocycles. The predicted octanol–water partition coefficient (Wildman–Crippen LogP) is 1.50. The largest absolute Gasteiger partial charge is 0.351 e. The van der Waals surface area contributed by atoms with Crippen LogP contribution in [0.15, 0.2) is 10.6 Å². The zero-order valence-electron chi connectivity index (χ0n) is 8.37. The summed E-state index contributed by atoms with van der Waals surface area (Å²) in [7, 11) is 3.36. The summed E-state index contributed by atoms with van der Waals surface area (Å²) in [6, 6.07) is 1.69. The Morgan fingerprint density at radius 2 is 2.15 bits per heavy atom. The highest BCUT2D eigenvalue weighted by Gasteiger charge is 2.15. The Morgan fingerprint density at radius 1 is 1.54 bits per heavy atom. The molecule has 0 spiro atoms. The maximum Gasteiger partial charge on any atom is 0.291 e. The molecule has 1 aromatic heterocycles. The van der Waals surface area contributed by atoms with Crippen molar-refractivity contribution in [1.29, 1.82) is 0 Å². The fourth-order valence-corrected chi connectivity index (χ4v) is 0.882. The molecule has 1 rings (SSSR count). The van der Waals surface area contributed by atoms with Gasteiger partial charge in [0.1, 0.15) is 0 Å². The Morgan fingerprint density at radius 3 is 2.54 bits per heavy atom. The minimum Gasteiger partial charge on any atom is -0.351 e. The van der Waals surface area contributed by atoms with Crippen molar-refractivity contribution < 1.29 is 9.32 Å². The maximum atomic E-state index is 11.4. The fraction of sp³-hybridized carbons (Fsp3) is 0.556. The van der Waals surface area contributed by atoms with E-state index in [0.717, 1.165) is 5.69 Å². The Hall–Kier alpha value is -1.32. The molecule has 4 nitrogen and oxygen atoms in total. The van der Waals surface area contributed by atoms with Crippen LogP contribution in [0.2, 0.25) is 0 Å². The molecule has 0 N–H and O–H groups in total. The highest BCUT2D eigenvalue weighted by Crippen LogP contribution is 2.14. The summed E-state index contributed by atoms with van der Waals surface area (Å²) in [5.41, 5.74) is 0.810. The molecule has 0 aliphatic carbocycles. The van der Waals surface area contributed by atoms with E-state index in [-0.39, 0.29) is 11.8 Å². The number of amides is 1. The first-order chi connectivity index (χ1) is 6.02. The summed E-state index contributed by atoms with van der Waals surface area (Å²) in [5.74, 6) is 0.431. The van der Waals surface area contributed by atoms with Crippen LogP contribution in [0, 0.1) is 0 Å². The minimum absolute atomic E-state index is 0.153. The minimum atomic E-state index is -0.153. The first-order valence-electron chi connectivity index (χ1n) is 4.20. The van der Waals surface area contributed by atoms with Gasteiger partial charge in [0, 0.05) is 20.2 Å². The smallest absolute Gasteiger partial charge is 0.291 e. The van der Waals surface area contributed by atoms with Gasteiger partial charge in [0.15, 0.2) is 0 Å². The molecular formula is C9H14N2O2. The lowest BCUT2D eigenvalue weighted by molar-refractivity contribution is 0.0787. The lowest BCUT2D eigenvalue weighted by Crippen LogP contribution is -2.20. The molecule has 0 fully saturated rings. The standard InChI is InChI=1S/C9H14N2O2/c1-6(2)7-5-8(13-10-7)9(12)11(3)4/h5-6H,1-4H3. The average Bonchev–Trinajstić information content (AvgIpc) is 2.50. The lowest BCUT2D eigenvalue weighted by atomic mass is 10.1. The van der Waals surface area contributed by atoms with E-state index in [1.165, 1.54) is 4.90 Å². The molecule has 1 aromatic rings. The Balaban J connectivity index is 2.86. The Bertz CT molecular complexity index is 302. The molecule has 0 aliphatic heterocycles. The van der Waals surface area contributed by atoms with Gasteiger partial charge in [0.05, 0.1) is 5.69 Å². The van der Waals surface area contributed by atoms with E-state index in [9.17, 15) is 4.79 Å². The summed E-state index contributed by atoms with van der Waals surface area (Å²) >= 11 is 0. The van der Waals surface area contributed by atoms with Gasteiger partial charge in [0.25, 0.3) is 5.91 Å². The van der Waals surface area contributed by atoms with Crippen LogP contribution in [0.25, 0.3) is 0 Å². The molecule has 0 saturated heterocycles. The van der Waals surface area contributed by atoms with Crippen molar-refractivity contribution in [2.24, 2.45) is 0 Å². The molecule has 0 saturated carbocycles. The Kier molecular flexibility index (Phi) is 2.70. The molecular weight excluding hydrogens is 168 g/mol. The summed E-state index contributed by atoms with van der Waals surface area (Å²) in [4.78, 5) is 12.8. The van der Waals surface area contributed by atoms with Gasteiger partial charge in [-0.1, -0.05) is 19.0 Å². The van der Waals surface area contributed by atoms with Gasteiger partial charge in [-0.05, 0) is 5.92 Å². The number of aromatic nitrogens is 1. The van der Waals surface area contributed by atoms with Crippen LogP contribution >= 0.6 is 0 Å². The van der Waals surface area contributed by atoms with E-state index < -0.39 is 0 Å². The zero-order valence-corrected chi connectivity index (χ0v) is 8.37. The van der Waals surface area contributed by atoms with Gasteiger partial charge in [-0.3, -0.25) is 4.79 Å². The normalized spacial score (nSPS) is 10.5. The third kappa shape index (κ3) is 2.08. The summed E-state index contributed by atoms with van der Waals surface area (Å²) in [6.07, 6.45) is 0. The second kappa shape index (κ2) is 3.60. The molecule has 0 atom stereocenters. The number of hydrogen-bond acceptors (Lipinski definition) is 3. The molecule has 72 valence electrons. The van der Waals surface area contributed by atoms with Gasteiger partial charge in [-0.15, -0.1) is 0 Å². The molecule has 13 heavy (non-hydrogen) atoms. The van der Waals surface area contributed by atoms with Gasteiger partial charge < -0.3 is 9.42 Å². The maximum absolute atomic E-state index is 11.4. The number of hydrogen-bond donors (Lipinski definition) is 0. The molecule has 1 heterocycles. The van der Waals surface area contributed by atoms with E-state index >= 15 is 0 Å². The highest BCUT2D eigenvalue weighted by molar-refractivity contribution is 5.91. The summed E-state index contributed by atoms with van der Waals surface area (Å²) < 4.78 is 4.91. The van der Waals surface area contributed by atoms with Crippen molar-refractivity contribution in [1.82, 2.24) is 10.1 Å². The zero-order chi connectivity index (χ0) is 10.0. The van der Waals surface area contributed by atoms with Crippen LogP contribution in [-0.2, 0) is 0 Å². The SMILES string of the molecule is CC(C)c1cc(C(=O)N(C)C)on1. The third-order valence-corrected chi connectivity index (χ3v) is 1.74. The number of carbonyl (C=O) groups excluding carboxylic acids is 1. The van der Waals surface area contributed by atoms with Crippen molar-refractivity contribution in [3.05, 3.63) is 17.5 Å². The van der Waals surface area contributed by atoms with Crippen LogP contribution in [0.3, 0.4) is 0 Å². The Labute approximate surface area is 77.5 Å². The first kappa shape index (κ1) is 9.77. The van der Waals surface area contributed by atoms with Gasteiger partial charge >= 0.3 is 0 Å². The molecule has 0 unspecified atom stereocenters. The van der Waals surface area contributed by atoms with Crippen LogP contribution in [-0.4, -0.2) is 30.1 Å². The van der Waals surface area contributed by atoms with Crippen molar-refractivity contribution in [2.75, 3.05) is 14.1 Å². The van der Waals surface area contributed by atoms with Gasteiger partial charge in [0.2, 0.25) is 5.76 Å². The molecule has 4 heteroatoms. The molecule has 0 radical (unpaired) electrons. The fourth-order valence-electron chi connectivity index (χ4n) is 0.882. The number of rotatable bonds is 2. The average molecular weight is 182 g/mol. The topological polar surface area (TPSA) is 46.3 Å².